The predicted octanol–water partition coefficient (Wildman–Crippen LogP) is 2.16. The maximum absolute atomic E-state index is 8.83. The quantitative estimate of drug-likeness (QED) is 0.672. The molecule has 78 valence electrons. The first kappa shape index (κ1) is 12.9. The minimum Gasteiger partial charge on any atom is -0.303 e. The summed E-state index contributed by atoms with van der Waals surface area (Å²) in [4.78, 5) is 2.13. The van der Waals surface area contributed by atoms with Crippen LogP contribution in [0.3, 0.4) is 0 Å². The Hall–Kier alpha value is -1.06. The largest absolute Gasteiger partial charge is 0.303 e. The van der Waals surface area contributed by atoms with Crippen LogP contribution in [0.25, 0.3) is 0 Å². The molecular formula is C11H19N3. The zero-order valence-electron chi connectivity index (χ0n) is 9.54. The molecule has 0 saturated heterocycles. The fraction of sp³-hybridized carbons (Fsp3) is 0.818. The van der Waals surface area contributed by atoms with Gasteiger partial charge in [0.05, 0.1) is 24.0 Å². The molecule has 0 aromatic carbocycles. The Morgan fingerprint density at radius 1 is 1.36 bits per heavy atom. The molecule has 0 fully saturated rings. The Balaban J connectivity index is 3.92. The lowest BCUT2D eigenvalue weighted by molar-refractivity contribution is 0.231. The van der Waals surface area contributed by atoms with Gasteiger partial charge in [-0.15, -0.1) is 0 Å². The molecule has 0 aromatic heterocycles. The van der Waals surface area contributed by atoms with Gasteiger partial charge in [0, 0.05) is 6.04 Å². The van der Waals surface area contributed by atoms with Gasteiger partial charge in [-0.3, -0.25) is 0 Å². The second-order valence-corrected chi connectivity index (χ2v) is 4.44. The van der Waals surface area contributed by atoms with Gasteiger partial charge in [-0.05, 0) is 40.8 Å². The van der Waals surface area contributed by atoms with Crippen molar-refractivity contribution in [1.82, 2.24) is 4.90 Å². The van der Waals surface area contributed by atoms with Gasteiger partial charge in [0.2, 0.25) is 0 Å². The van der Waals surface area contributed by atoms with Crippen molar-refractivity contribution in [2.45, 2.75) is 39.7 Å². The third-order valence-electron chi connectivity index (χ3n) is 2.53. The number of nitrogens with zero attached hydrogens (tertiary/aromatic N) is 3. The van der Waals surface area contributed by atoms with Gasteiger partial charge in [-0.2, -0.15) is 10.5 Å². The highest BCUT2D eigenvalue weighted by molar-refractivity contribution is 4.92. The minimum absolute atomic E-state index is 0.263. The standard InChI is InChI=1S/C11H19N3/c1-10(5-7-12)14(4)8-6-11(2,3)9-13/h10H,5-6,8H2,1-4H3. The normalized spacial score (nSPS) is 13.4. The van der Waals surface area contributed by atoms with Crippen LogP contribution in [0.5, 0.6) is 0 Å². The van der Waals surface area contributed by atoms with Crippen LogP contribution in [-0.2, 0) is 0 Å². The Morgan fingerprint density at radius 3 is 2.36 bits per heavy atom. The highest BCUT2D eigenvalue weighted by Gasteiger charge is 2.18. The minimum atomic E-state index is -0.263. The molecule has 0 N–H and O–H groups in total. The van der Waals surface area contributed by atoms with Crippen molar-refractivity contribution >= 4 is 0 Å². The van der Waals surface area contributed by atoms with Crippen LogP contribution in [0.2, 0.25) is 0 Å². The van der Waals surface area contributed by atoms with Crippen LogP contribution < -0.4 is 0 Å². The second kappa shape index (κ2) is 5.62. The zero-order chi connectivity index (χ0) is 11.2. The van der Waals surface area contributed by atoms with E-state index in [1.165, 1.54) is 0 Å². The van der Waals surface area contributed by atoms with Crippen molar-refractivity contribution < 1.29 is 0 Å². The van der Waals surface area contributed by atoms with E-state index in [2.05, 4.69) is 17.0 Å². The highest BCUT2D eigenvalue weighted by Crippen LogP contribution is 2.19. The zero-order valence-corrected chi connectivity index (χ0v) is 9.54. The molecule has 0 saturated carbocycles. The molecule has 0 amide bonds. The fourth-order valence-electron chi connectivity index (χ4n) is 1.02. The first-order chi connectivity index (χ1) is 6.43. The average Bonchev–Trinajstić information content (AvgIpc) is 2.15. The summed E-state index contributed by atoms with van der Waals surface area (Å²) >= 11 is 0. The maximum Gasteiger partial charge on any atom is 0.0684 e. The second-order valence-electron chi connectivity index (χ2n) is 4.44. The molecule has 0 aliphatic rings. The first-order valence-electron chi connectivity index (χ1n) is 4.91. The lowest BCUT2D eigenvalue weighted by Crippen LogP contribution is -2.31. The molecule has 0 aliphatic heterocycles. The molecule has 1 unspecified atom stereocenters. The molecule has 0 spiro atoms. The van der Waals surface area contributed by atoms with Crippen LogP contribution in [0, 0.1) is 28.1 Å². The predicted molar refractivity (Wildman–Crippen MR) is 56.3 cm³/mol. The van der Waals surface area contributed by atoms with Gasteiger partial charge in [0.1, 0.15) is 0 Å². The van der Waals surface area contributed by atoms with Crippen LogP contribution in [0.15, 0.2) is 0 Å². The van der Waals surface area contributed by atoms with E-state index in [1.807, 2.05) is 27.8 Å². The van der Waals surface area contributed by atoms with E-state index in [4.69, 9.17) is 10.5 Å². The third-order valence-corrected chi connectivity index (χ3v) is 2.53. The molecular weight excluding hydrogens is 174 g/mol. The molecule has 0 radical (unpaired) electrons. The molecule has 0 rings (SSSR count). The van der Waals surface area contributed by atoms with E-state index < -0.39 is 0 Å². The van der Waals surface area contributed by atoms with Gasteiger partial charge in [-0.1, -0.05) is 0 Å². The van der Waals surface area contributed by atoms with E-state index in [0.29, 0.717) is 6.42 Å². The van der Waals surface area contributed by atoms with E-state index in [0.717, 1.165) is 13.0 Å². The van der Waals surface area contributed by atoms with Crippen LogP contribution in [0.4, 0.5) is 0 Å². The molecule has 0 bridgehead atoms. The monoisotopic (exact) mass is 193 g/mol. The fourth-order valence-corrected chi connectivity index (χ4v) is 1.02. The number of hydrogen-bond acceptors (Lipinski definition) is 3. The molecule has 0 aliphatic carbocycles. The van der Waals surface area contributed by atoms with Gasteiger partial charge in [-0.25, -0.2) is 0 Å². The maximum atomic E-state index is 8.83. The van der Waals surface area contributed by atoms with Gasteiger partial charge >= 0.3 is 0 Å². The summed E-state index contributed by atoms with van der Waals surface area (Å²) in [7, 11) is 2.00. The van der Waals surface area contributed by atoms with Gasteiger partial charge < -0.3 is 4.90 Å². The molecule has 1 atom stereocenters. The Labute approximate surface area is 86.9 Å². The molecule has 3 heteroatoms. The van der Waals surface area contributed by atoms with Crippen LogP contribution in [0.1, 0.15) is 33.6 Å². The summed E-state index contributed by atoms with van der Waals surface area (Å²) in [5.74, 6) is 0. The highest BCUT2D eigenvalue weighted by atomic mass is 15.1. The van der Waals surface area contributed by atoms with Gasteiger partial charge in [0.25, 0.3) is 0 Å². The molecule has 0 aromatic rings. The Kier molecular flexibility index (Phi) is 5.20. The van der Waals surface area contributed by atoms with E-state index in [9.17, 15) is 0 Å². The Morgan fingerprint density at radius 2 is 1.93 bits per heavy atom. The van der Waals surface area contributed by atoms with Crippen molar-refractivity contribution in [3.63, 3.8) is 0 Å². The summed E-state index contributed by atoms with van der Waals surface area (Å²) in [5.41, 5.74) is -0.263. The number of rotatable bonds is 5. The number of nitriles is 2. The van der Waals surface area contributed by atoms with Crippen molar-refractivity contribution in [3.8, 4) is 12.1 Å². The smallest absolute Gasteiger partial charge is 0.0684 e. The van der Waals surface area contributed by atoms with Crippen molar-refractivity contribution in [1.29, 1.82) is 10.5 Å². The summed E-state index contributed by atoms with van der Waals surface area (Å²) in [6.45, 7) is 6.78. The molecule has 3 nitrogen and oxygen atoms in total. The molecule has 14 heavy (non-hydrogen) atoms. The topological polar surface area (TPSA) is 50.8 Å². The lowest BCUT2D eigenvalue weighted by Gasteiger charge is -2.25. The van der Waals surface area contributed by atoms with Crippen LogP contribution in [-0.4, -0.2) is 24.5 Å². The van der Waals surface area contributed by atoms with E-state index >= 15 is 0 Å². The van der Waals surface area contributed by atoms with Crippen LogP contribution >= 0.6 is 0 Å². The molecule has 0 heterocycles. The van der Waals surface area contributed by atoms with Crippen molar-refractivity contribution in [2.75, 3.05) is 13.6 Å². The van der Waals surface area contributed by atoms with E-state index in [-0.39, 0.29) is 11.5 Å². The van der Waals surface area contributed by atoms with Crippen molar-refractivity contribution in [2.24, 2.45) is 5.41 Å². The Bertz CT molecular complexity index is 244. The number of hydrogen-bond donors (Lipinski definition) is 0. The SMILES string of the molecule is CC(CC#N)N(C)CCC(C)(C)C#N. The first-order valence-corrected chi connectivity index (χ1v) is 4.91. The lowest BCUT2D eigenvalue weighted by atomic mass is 9.91. The summed E-state index contributed by atoms with van der Waals surface area (Å²) in [6.07, 6.45) is 1.39. The van der Waals surface area contributed by atoms with Gasteiger partial charge in [0.15, 0.2) is 0 Å². The van der Waals surface area contributed by atoms with E-state index in [1.54, 1.807) is 0 Å². The summed E-state index contributed by atoms with van der Waals surface area (Å²) < 4.78 is 0. The van der Waals surface area contributed by atoms with Crippen molar-refractivity contribution in [3.05, 3.63) is 0 Å². The average molecular weight is 193 g/mol. The third kappa shape index (κ3) is 4.84. The summed E-state index contributed by atoms with van der Waals surface area (Å²) in [6, 6.07) is 4.70. The summed E-state index contributed by atoms with van der Waals surface area (Å²) in [5, 5.41) is 17.4.